The van der Waals surface area contributed by atoms with Gasteiger partial charge in [-0.05, 0) is 12.8 Å². The normalized spacial score (nSPS) is 10.2. The zero-order valence-electron chi connectivity index (χ0n) is 6.86. The second-order valence-electron chi connectivity index (χ2n) is 2.10. The van der Waals surface area contributed by atoms with Crippen LogP contribution in [-0.4, -0.2) is 38.5 Å². The van der Waals surface area contributed by atoms with E-state index in [2.05, 4.69) is 0 Å². The Kier molecular flexibility index (Phi) is 10.4. The van der Waals surface area contributed by atoms with Gasteiger partial charge in [0.25, 0.3) is 0 Å². The molecule has 0 spiro atoms. The van der Waals surface area contributed by atoms with Crippen molar-refractivity contribution >= 4 is 39.3 Å². The second-order valence-corrected chi connectivity index (χ2v) is 5.50. The summed E-state index contributed by atoms with van der Waals surface area (Å²) in [5.74, 6) is 1.78. The minimum Gasteiger partial charge on any atom is -0.396 e. The molecule has 0 aromatic heterocycles. The molecule has 72 valence electrons. The van der Waals surface area contributed by atoms with Crippen molar-refractivity contribution in [2.45, 2.75) is 12.8 Å². The molecule has 0 unspecified atom stereocenters. The summed E-state index contributed by atoms with van der Waals surface area (Å²) in [6.45, 7) is 0.466. The SMILES string of the molecule is OCCCSC(=S)SCCCO. The van der Waals surface area contributed by atoms with Gasteiger partial charge in [0.2, 0.25) is 0 Å². The Labute approximate surface area is 87.1 Å². The van der Waals surface area contributed by atoms with Crippen LogP contribution in [0.1, 0.15) is 12.8 Å². The molecule has 0 amide bonds. The first-order valence-electron chi connectivity index (χ1n) is 3.82. The first-order chi connectivity index (χ1) is 5.81. The van der Waals surface area contributed by atoms with Gasteiger partial charge in [0.1, 0.15) is 3.53 Å². The van der Waals surface area contributed by atoms with Gasteiger partial charge >= 0.3 is 0 Å². The molecule has 0 aromatic rings. The Morgan fingerprint density at radius 1 is 1.00 bits per heavy atom. The molecule has 0 heterocycles. The van der Waals surface area contributed by atoms with Crippen LogP contribution < -0.4 is 0 Å². The van der Waals surface area contributed by atoms with Crippen LogP contribution >= 0.6 is 35.7 Å². The first-order valence-corrected chi connectivity index (χ1v) is 6.20. The van der Waals surface area contributed by atoms with E-state index in [1.54, 1.807) is 23.5 Å². The number of thiocarbonyl (C=S) groups is 1. The summed E-state index contributed by atoms with van der Waals surface area (Å²) >= 11 is 8.25. The van der Waals surface area contributed by atoms with Crippen molar-refractivity contribution in [2.75, 3.05) is 24.7 Å². The van der Waals surface area contributed by atoms with E-state index in [0.29, 0.717) is 0 Å². The molecule has 0 saturated carbocycles. The molecule has 2 N–H and O–H groups in total. The molecule has 0 aromatic carbocycles. The molecule has 5 heteroatoms. The lowest BCUT2D eigenvalue weighted by atomic mass is 10.5. The molecule has 2 nitrogen and oxygen atoms in total. The first kappa shape index (κ1) is 12.7. The summed E-state index contributed by atoms with van der Waals surface area (Å²) in [6.07, 6.45) is 1.59. The van der Waals surface area contributed by atoms with Crippen molar-refractivity contribution in [3.63, 3.8) is 0 Å². The quantitative estimate of drug-likeness (QED) is 0.530. The molecule has 0 saturated heterocycles. The lowest BCUT2D eigenvalue weighted by molar-refractivity contribution is 0.296. The predicted octanol–water partition coefficient (Wildman–Crippen LogP) is 1.50. The summed E-state index contributed by atoms with van der Waals surface area (Å²) in [6, 6.07) is 0. The third-order valence-electron chi connectivity index (χ3n) is 1.04. The van der Waals surface area contributed by atoms with Crippen LogP contribution in [0.2, 0.25) is 0 Å². The Morgan fingerprint density at radius 2 is 1.42 bits per heavy atom. The summed E-state index contributed by atoms with van der Waals surface area (Å²) in [7, 11) is 0. The van der Waals surface area contributed by atoms with Crippen LogP contribution in [0, 0.1) is 0 Å². The summed E-state index contributed by atoms with van der Waals surface area (Å²) in [5.41, 5.74) is 0. The molecule has 0 atom stereocenters. The Hall–Kier alpha value is 0.710. The van der Waals surface area contributed by atoms with Gasteiger partial charge < -0.3 is 10.2 Å². The maximum Gasteiger partial charge on any atom is 0.104 e. The standard InChI is InChI=1S/C7H14O2S3/c8-3-1-5-11-7(10)12-6-2-4-9/h8-9H,1-6H2. The number of aliphatic hydroxyl groups excluding tert-OH is 2. The summed E-state index contributed by atoms with van der Waals surface area (Å²) in [4.78, 5) is 0. The second kappa shape index (κ2) is 9.80. The van der Waals surface area contributed by atoms with Gasteiger partial charge in [0.05, 0.1) is 0 Å². The molecular weight excluding hydrogens is 212 g/mol. The summed E-state index contributed by atoms with van der Waals surface area (Å²) < 4.78 is 0.914. The van der Waals surface area contributed by atoms with E-state index in [-0.39, 0.29) is 13.2 Å². The average molecular weight is 226 g/mol. The highest BCUT2D eigenvalue weighted by Crippen LogP contribution is 2.18. The molecular formula is C7H14O2S3. The maximum atomic E-state index is 8.50. The molecule has 12 heavy (non-hydrogen) atoms. The number of hydrogen-bond donors (Lipinski definition) is 2. The predicted molar refractivity (Wildman–Crippen MR) is 60.9 cm³/mol. The zero-order valence-corrected chi connectivity index (χ0v) is 9.31. The van der Waals surface area contributed by atoms with Crippen LogP contribution in [0.3, 0.4) is 0 Å². The van der Waals surface area contributed by atoms with Gasteiger partial charge in [-0.1, -0.05) is 12.2 Å². The molecule has 0 rings (SSSR count). The highest BCUT2D eigenvalue weighted by Gasteiger charge is 1.97. The number of aliphatic hydroxyl groups is 2. The van der Waals surface area contributed by atoms with E-state index < -0.39 is 0 Å². The Balaban J connectivity index is 3.10. The molecule has 0 aliphatic rings. The monoisotopic (exact) mass is 226 g/mol. The third-order valence-corrected chi connectivity index (χ3v) is 3.92. The highest BCUT2D eigenvalue weighted by molar-refractivity contribution is 8.47. The lowest BCUT2D eigenvalue weighted by Gasteiger charge is -2.00. The minimum absolute atomic E-state index is 0.233. The van der Waals surface area contributed by atoms with Gasteiger partial charge in [-0.15, -0.1) is 23.5 Å². The van der Waals surface area contributed by atoms with Crippen molar-refractivity contribution < 1.29 is 10.2 Å². The van der Waals surface area contributed by atoms with Crippen molar-refractivity contribution in [3.05, 3.63) is 0 Å². The lowest BCUT2D eigenvalue weighted by Crippen LogP contribution is -1.92. The van der Waals surface area contributed by atoms with Gasteiger partial charge in [0.15, 0.2) is 0 Å². The van der Waals surface area contributed by atoms with Crippen molar-refractivity contribution in [3.8, 4) is 0 Å². The van der Waals surface area contributed by atoms with Gasteiger partial charge in [-0.3, -0.25) is 0 Å². The highest BCUT2D eigenvalue weighted by atomic mass is 32.2. The van der Waals surface area contributed by atoms with Crippen LogP contribution in [0.5, 0.6) is 0 Å². The largest absolute Gasteiger partial charge is 0.396 e. The number of rotatable bonds is 6. The number of hydrogen-bond acceptors (Lipinski definition) is 5. The van der Waals surface area contributed by atoms with Gasteiger partial charge in [-0.25, -0.2) is 0 Å². The Bertz CT molecular complexity index is 107. The van der Waals surface area contributed by atoms with Crippen molar-refractivity contribution in [2.24, 2.45) is 0 Å². The van der Waals surface area contributed by atoms with E-state index in [0.717, 1.165) is 27.9 Å². The van der Waals surface area contributed by atoms with Crippen LogP contribution in [0.15, 0.2) is 0 Å². The average Bonchev–Trinajstić information content (AvgIpc) is 2.06. The molecule has 0 fully saturated rings. The molecule has 0 bridgehead atoms. The fraction of sp³-hybridized carbons (Fsp3) is 0.857. The van der Waals surface area contributed by atoms with Crippen molar-refractivity contribution in [1.29, 1.82) is 0 Å². The third kappa shape index (κ3) is 8.80. The topological polar surface area (TPSA) is 40.5 Å². The van der Waals surface area contributed by atoms with E-state index in [4.69, 9.17) is 22.4 Å². The van der Waals surface area contributed by atoms with E-state index >= 15 is 0 Å². The van der Waals surface area contributed by atoms with E-state index in [1.807, 2.05) is 0 Å². The summed E-state index contributed by atoms with van der Waals surface area (Å²) in [5, 5.41) is 17.0. The van der Waals surface area contributed by atoms with Crippen LogP contribution in [0.25, 0.3) is 0 Å². The Morgan fingerprint density at radius 3 is 1.75 bits per heavy atom. The minimum atomic E-state index is 0.233. The molecule has 0 radical (unpaired) electrons. The van der Waals surface area contributed by atoms with Gasteiger partial charge in [0, 0.05) is 24.7 Å². The van der Waals surface area contributed by atoms with Crippen LogP contribution in [-0.2, 0) is 0 Å². The molecule has 0 aliphatic heterocycles. The van der Waals surface area contributed by atoms with Gasteiger partial charge in [-0.2, -0.15) is 0 Å². The van der Waals surface area contributed by atoms with E-state index in [1.165, 1.54) is 0 Å². The fourth-order valence-corrected chi connectivity index (χ4v) is 2.70. The fourth-order valence-electron chi connectivity index (χ4n) is 0.482. The maximum absolute atomic E-state index is 8.50. The van der Waals surface area contributed by atoms with Crippen LogP contribution in [0.4, 0.5) is 0 Å². The van der Waals surface area contributed by atoms with E-state index in [9.17, 15) is 0 Å². The smallest absolute Gasteiger partial charge is 0.104 e. The number of thioether (sulfide) groups is 2. The molecule has 0 aliphatic carbocycles. The van der Waals surface area contributed by atoms with Crippen molar-refractivity contribution in [1.82, 2.24) is 0 Å². The zero-order chi connectivity index (χ0) is 9.23.